The first-order valence-corrected chi connectivity index (χ1v) is 5.10. The lowest BCUT2D eigenvalue weighted by molar-refractivity contribution is 0.0691. The molecule has 3 nitrogen and oxygen atoms in total. The highest BCUT2D eigenvalue weighted by molar-refractivity contribution is 5.87. The Morgan fingerprint density at radius 2 is 2.19 bits per heavy atom. The van der Waals surface area contributed by atoms with E-state index in [1.54, 1.807) is 6.07 Å². The normalized spacial score (nSPS) is 10.8. The van der Waals surface area contributed by atoms with Crippen LogP contribution in [0.15, 0.2) is 18.2 Å². The first kappa shape index (κ1) is 12.6. The quantitative estimate of drug-likeness (QED) is 0.839. The number of aromatic carboxylic acids is 1. The van der Waals surface area contributed by atoms with Crippen molar-refractivity contribution in [1.29, 1.82) is 0 Å². The summed E-state index contributed by atoms with van der Waals surface area (Å²) in [6.07, 6.45) is 0. The molecule has 0 aliphatic heterocycles. The van der Waals surface area contributed by atoms with E-state index in [4.69, 9.17) is 9.84 Å². The van der Waals surface area contributed by atoms with Gasteiger partial charge in [-0.05, 0) is 23.6 Å². The van der Waals surface area contributed by atoms with Crippen molar-refractivity contribution in [3.8, 4) is 0 Å². The molecule has 1 aromatic rings. The number of ether oxygens (including phenoxy) is 1. The predicted octanol–water partition coefficient (Wildman–Crippen LogP) is 2.70. The standard InChI is InChI=1S/C12H15FO3/c1-8(2)6-16-7-9-3-4-10(12(14)15)11(13)5-9/h3-5,8H,6-7H2,1-2H3,(H,14,15). The third kappa shape index (κ3) is 3.62. The fraction of sp³-hybridized carbons (Fsp3) is 0.417. The number of hydrogen-bond donors (Lipinski definition) is 1. The van der Waals surface area contributed by atoms with Crippen LogP contribution in [0.25, 0.3) is 0 Å². The maximum Gasteiger partial charge on any atom is 0.338 e. The second-order valence-electron chi connectivity index (χ2n) is 4.03. The number of halogens is 1. The summed E-state index contributed by atoms with van der Waals surface area (Å²) in [6.45, 7) is 4.94. The van der Waals surface area contributed by atoms with Crippen LogP contribution in [0.1, 0.15) is 29.8 Å². The van der Waals surface area contributed by atoms with Gasteiger partial charge in [-0.1, -0.05) is 19.9 Å². The molecule has 0 bridgehead atoms. The minimum absolute atomic E-state index is 0.301. The van der Waals surface area contributed by atoms with Gasteiger partial charge in [-0.25, -0.2) is 9.18 Å². The molecule has 0 radical (unpaired) electrons. The van der Waals surface area contributed by atoms with Crippen molar-refractivity contribution in [3.63, 3.8) is 0 Å². The van der Waals surface area contributed by atoms with Crippen LogP contribution >= 0.6 is 0 Å². The van der Waals surface area contributed by atoms with Crippen LogP contribution in [0.4, 0.5) is 4.39 Å². The molecule has 0 atom stereocenters. The van der Waals surface area contributed by atoms with Gasteiger partial charge in [0, 0.05) is 6.61 Å². The fourth-order valence-corrected chi connectivity index (χ4v) is 1.23. The molecule has 0 saturated heterocycles. The molecule has 0 spiro atoms. The molecule has 88 valence electrons. The summed E-state index contributed by atoms with van der Waals surface area (Å²) in [7, 11) is 0. The Hall–Kier alpha value is -1.42. The van der Waals surface area contributed by atoms with E-state index in [-0.39, 0.29) is 5.56 Å². The lowest BCUT2D eigenvalue weighted by atomic mass is 10.1. The zero-order valence-corrected chi connectivity index (χ0v) is 9.37. The molecule has 1 aromatic carbocycles. The Morgan fingerprint density at radius 1 is 1.50 bits per heavy atom. The van der Waals surface area contributed by atoms with Crippen molar-refractivity contribution in [2.24, 2.45) is 5.92 Å². The molecular formula is C12H15FO3. The van der Waals surface area contributed by atoms with Gasteiger partial charge in [-0.2, -0.15) is 0 Å². The Bertz CT molecular complexity index is 375. The summed E-state index contributed by atoms with van der Waals surface area (Å²) in [5.41, 5.74) is 0.329. The molecule has 0 aliphatic carbocycles. The summed E-state index contributed by atoms with van der Waals surface area (Å²) < 4.78 is 18.6. The van der Waals surface area contributed by atoms with Crippen molar-refractivity contribution < 1.29 is 19.0 Å². The number of rotatable bonds is 5. The van der Waals surface area contributed by atoms with Gasteiger partial charge in [0.2, 0.25) is 0 Å². The summed E-state index contributed by atoms with van der Waals surface area (Å²) in [4.78, 5) is 10.6. The van der Waals surface area contributed by atoms with Crippen LogP contribution in [0.5, 0.6) is 0 Å². The highest BCUT2D eigenvalue weighted by Crippen LogP contribution is 2.11. The van der Waals surface area contributed by atoms with Gasteiger partial charge < -0.3 is 9.84 Å². The molecule has 1 N–H and O–H groups in total. The highest BCUT2D eigenvalue weighted by Gasteiger charge is 2.10. The Morgan fingerprint density at radius 3 is 2.69 bits per heavy atom. The van der Waals surface area contributed by atoms with E-state index in [1.165, 1.54) is 12.1 Å². The van der Waals surface area contributed by atoms with E-state index < -0.39 is 11.8 Å². The van der Waals surface area contributed by atoms with Crippen LogP contribution < -0.4 is 0 Å². The second-order valence-corrected chi connectivity index (χ2v) is 4.03. The van der Waals surface area contributed by atoms with Crippen LogP contribution in [-0.2, 0) is 11.3 Å². The summed E-state index contributed by atoms with van der Waals surface area (Å²) in [5, 5.41) is 8.63. The monoisotopic (exact) mass is 226 g/mol. The largest absolute Gasteiger partial charge is 0.478 e. The molecule has 16 heavy (non-hydrogen) atoms. The minimum Gasteiger partial charge on any atom is -0.478 e. The van der Waals surface area contributed by atoms with Gasteiger partial charge in [0.15, 0.2) is 0 Å². The average Bonchev–Trinajstić information content (AvgIpc) is 2.16. The molecule has 0 fully saturated rings. The van der Waals surface area contributed by atoms with E-state index in [0.717, 1.165) is 0 Å². The maximum absolute atomic E-state index is 13.3. The molecule has 0 unspecified atom stereocenters. The van der Waals surface area contributed by atoms with Crippen LogP contribution in [0.2, 0.25) is 0 Å². The first-order chi connectivity index (χ1) is 7.50. The predicted molar refractivity (Wildman–Crippen MR) is 57.9 cm³/mol. The molecule has 4 heteroatoms. The van der Waals surface area contributed by atoms with Gasteiger partial charge in [0.25, 0.3) is 0 Å². The molecule has 0 amide bonds. The first-order valence-electron chi connectivity index (χ1n) is 5.10. The summed E-state index contributed by atoms with van der Waals surface area (Å²) in [6, 6.07) is 4.02. The van der Waals surface area contributed by atoms with E-state index in [2.05, 4.69) is 0 Å². The van der Waals surface area contributed by atoms with Gasteiger partial charge in [-0.3, -0.25) is 0 Å². The second kappa shape index (κ2) is 5.61. The lowest BCUT2D eigenvalue weighted by Crippen LogP contribution is -2.04. The number of hydrogen-bond acceptors (Lipinski definition) is 2. The highest BCUT2D eigenvalue weighted by atomic mass is 19.1. The zero-order valence-electron chi connectivity index (χ0n) is 9.37. The number of carboxylic acids is 1. The van der Waals surface area contributed by atoms with Gasteiger partial charge in [-0.15, -0.1) is 0 Å². The van der Waals surface area contributed by atoms with Crippen molar-refractivity contribution in [2.45, 2.75) is 20.5 Å². The third-order valence-electron chi connectivity index (χ3n) is 1.98. The van der Waals surface area contributed by atoms with Crippen molar-refractivity contribution in [3.05, 3.63) is 35.1 Å². The summed E-state index contributed by atoms with van der Waals surface area (Å²) in [5.74, 6) is -1.56. The molecule has 0 aliphatic rings. The van der Waals surface area contributed by atoms with Crippen LogP contribution in [-0.4, -0.2) is 17.7 Å². The van der Waals surface area contributed by atoms with E-state index >= 15 is 0 Å². The molecule has 0 heterocycles. The van der Waals surface area contributed by atoms with Crippen molar-refractivity contribution >= 4 is 5.97 Å². The lowest BCUT2D eigenvalue weighted by Gasteiger charge is -2.07. The van der Waals surface area contributed by atoms with E-state index in [9.17, 15) is 9.18 Å². The fourth-order valence-electron chi connectivity index (χ4n) is 1.23. The van der Waals surface area contributed by atoms with Crippen molar-refractivity contribution in [1.82, 2.24) is 0 Å². The molecule has 0 aromatic heterocycles. The van der Waals surface area contributed by atoms with Crippen LogP contribution in [0, 0.1) is 11.7 Å². The van der Waals surface area contributed by atoms with Gasteiger partial charge >= 0.3 is 5.97 Å². The smallest absolute Gasteiger partial charge is 0.338 e. The Labute approximate surface area is 93.9 Å². The van der Waals surface area contributed by atoms with E-state index in [1.807, 2.05) is 13.8 Å². The maximum atomic E-state index is 13.3. The molecule has 0 saturated carbocycles. The zero-order chi connectivity index (χ0) is 12.1. The SMILES string of the molecule is CC(C)COCc1ccc(C(=O)O)c(F)c1. The average molecular weight is 226 g/mol. The Kier molecular flexibility index (Phi) is 4.43. The number of carboxylic acid groups (broad SMARTS) is 1. The number of carbonyl (C=O) groups is 1. The van der Waals surface area contributed by atoms with Crippen LogP contribution in [0.3, 0.4) is 0 Å². The van der Waals surface area contributed by atoms with E-state index in [0.29, 0.717) is 24.7 Å². The topological polar surface area (TPSA) is 46.5 Å². The Balaban J connectivity index is 2.63. The molecule has 1 rings (SSSR count). The van der Waals surface area contributed by atoms with Crippen molar-refractivity contribution in [2.75, 3.05) is 6.61 Å². The van der Waals surface area contributed by atoms with Gasteiger partial charge in [0.05, 0.1) is 12.2 Å². The van der Waals surface area contributed by atoms with Gasteiger partial charge in [0.1, 0.15) is 5.82 Å². The molecular weight excluding hydrogens is 211 g/mol. The summed E-state index contributed by atoms with van der Waals surface area (Å²) >= 11 is 0. The number of benzene rings is 1. The minimum atomic E-state index is -1.26. The third-order valence-corrected chi connectivity index (χ3v) is 1.98.